The highest BCUT2D eigenvalue weighted by molar-refractivity contribution is 5.15. The molecule has 0 radical (unpaired) electrons. The number of hydrogen-bond donors (Lipinski definition) is 0. The van der Waals surface area contributed by atoms with Gasteiger partial charge in [0.05, 0.1) is 18.3 Å². The Morgan fingerprint density at radius 3 is 2.85 bits per heavy atom. The lowest BCUT2D eigenvalue weighted by Crippen LogP contribution is -2.33. The molecule has 1 aromatic carbocycles. The van der Waals surface area contributed by atoms with E-state index in [0.29, 0.717) is 0 Å². The van der Waals surface area contributed by atoms with E-state index in [0.717, 1.165) is 32.6 Å². The Morgan fingerprint density at radius 1 is 1.20 bits per heavy atom. The topological polar surface area (TPSA) is 30.3 Å². The summed E-state index contributed by atoms with van der Waals surface area (Å²) in [5.41, 5.74) is 2.66. The van der Waals surface area contributed by atoms with Crippen LogP contribution < -0.4 is 0 Å². The Hall–Kier alpha value is -1.65. The molecular weight excluding hydrogens is 250 g/mol. The van der Waals surface area contributed by atoms with E-state index in [2.05, 4.69) is 51.1 Å². The Morgan fingerprint density at radius 2 is 2.05 bits per heavy atom. The molecule has 4 nitrogen and oxygen atoms in total. The van der Waals surface area contributed by atoms with Crippen molar-refractivity contribution in [2.75, 3.05) is 20.2 Å². The molecule has 106 valence electrons. The van der Waals surface area contributed by atoms with Crippen LogP contribution >= 0.6 is 0 Å². The van der Waals surface area contributed by atoms with Crippen LogP contribution in [0.25, 0.3) is 0 Å². The maximum atomic E-state index is 5.58. The van der Waals surface area contributed by atoms with Crippen molar-refractivity contribution >= 4 is 0 Å². The first kappa shape index (κ1) is 13.3. The van der Waals surface area contributed by atoms with E-state index >= 15 is 0 Å². The van der Waals surface area contributed by atoms with Gasteiger partial charge >= 0.3 is 0 Å². The molecule has 0 unspecified atom stereocenters. The molecule has 0 saturated heterocycles. The largest absolute Gasteiger partial charge is 0.378 e. The first-order valence-electron chi connectivity index (χ1n) is 7.15. The molecule has 1 aromatic heterocycles. The summed E-state index contributed by atoms with van der Waals surface area (Å²) in [6.07, 6.45) is 3.17. The Labute approximate surface area is 120 Å². The number of ether oxygens (including phenoxy) is 1. The van der Waals surface area contributed by atoms with Crippen molar-refractivity contribution in [3.05, 3.63) is 53.9 Å². The summed E-state index contributed by atoms with van der Waals surface area (Å²) in [5, 5.41) is 4.38. The summed E-state index contributed by atoms with van der Waals surface area (Å²) in [6, 6.07) is 12.8. The van der Waals surface area contributed by atoms with Gasteiger partial charge in [-0.2, -0.15) is 5.10 Å². The van der Waals surface area contributed by atoms with E-state index in [1.807, 2.05) is 6.20 Å². The second-order valence-corrected chi connectivity index (χ2v) is 5.33. The monoisotopic (exact) mass is 271 g/mol. The molecule has 1 aliphatic heterocycles. The summed E-state index contributed by atoms with van der Waals surface area (Å²) >= 11 is 0. The average molecular weight is 271 g/mol. The van der Waals surface area contributed by atoms with Gasteiger partial charge in [0.15, 0.2) is 0 Å². The average Bonchev–Trinajstić information content (AvgIpc) is 2.84. The van der Waals surface area contributed by atoms with Gasteiger partial charge in [-0.1, -0.05) is 30.3 Å². The summed E-state index contributed by atoms with van der Waals surface area (Å²) < 4.78 is 7.64. The standard InChI is InChI=1S/C16H21N3O/c1-20-16-12-18(10-8-14-5-3-2-4-6-14)11-15-7-9-17-19(15)13-16/h2-7,9,16H,8,10-13H2,1H3/t16-/m0/s1. The van der Waals surface area contributed by atoms with Gasteiger partial charge in [0, 0.05) is 32.9 Å². The lowest BCUT2D eigenvalue weighted by atomic mass is 10.1. The van der Waals surface area contributed by atoms with Crippen LogP contribution in [-0.4, -0.2) is 41.0 Å². The number of methoxy groups -OCH3 is 1. The minimum absolute atomic E-state index is 0.215. The SMILES string of the molecule is CO[C@H]1CN(CCc2ccccc2)Cc2ccnn2C1. The van der Waals surface area contributed by atoms with Crippen LogP contribution in [0.2, 0.25) is 0 Å². The van der Waals surface area contributed by atoms with Crippen molar-refractivity contribution < 1.29 is 4.74 Å². The quantitative estimate of drug-likeness (QED) is 0.851. The molecule has 2 heterocycles. The third-order valence-corrected chi connectivity index (χ3v) is 3.92. The fraction of sp³-hybridized carbons (Fsp3) is 0.438. The highest BCUT2D eigenvalue weighted by Crippen LogP contribution is 2.14. The Balaban J connectivity index is 1.67. The fourth-order valence-corrected chi connectivity index (χ4v) is 2.74. The van der Waals surface area contributed by atoms with Gasteiger partial charge in [-0.15, -0.1) is 0 Å². The van der Waals surface area contributed by atoms with Crippen LogP contribution in [0.3, 0.4) is 0 Å². The molecule has 3 rings (SSSR count). The van der Waals surface area contributed by atoms with E-state index < -0.39 is 0 Å². The van der Waals surface area contributed by atoms with E-state index in [1.165, 1.54) is 11.3 Å². The maximum absolute atomic E-state index is 5.58. The summed E-state index contributed by atoms with van der Waals surface area (Å²) in [6.45, 7) is 3.81. The molecule has 20 heavy (non-hydrogen) atoms. The molecule has 1 aliphatic rings. The Bertz CT molecular complexity index is 538. The summed E-state index contributed by atoms with van der Waals surface area (Å²) in [4.78, 5) is 2.46. The molecule has 0 amide bonds. The molecule has 0 bridgehead atoms. The molecule has 0 aliphatic carbocycles. The number of aromatic nitrogens is 2. The first-order chi connectivity index (χ1) is 9.85. The summed E-state index contributed by atoms with van der Waals surface area (Å²) in [5.74, 6) is 0. The Kier molecular flexibility index (Phi) is 4.14. The van der Waals surface area contributed by atoms with Crippen LogP contribution in [0, 0.1) is 0 Å². The third kappa shape index (κ3) is 3.08. The normalized spacial score (nSPS) is 19.6. The molecule has 2 aromatic rings. The van der Waals surface area contributed by atoms with Crippen molar-refractivity contribution in [2.24, 2.45) is 0 Å². The zero-order chi connectivity index (χ0) is 13.8. The molecule has 0 fully saturated rings. The molecule has 0 saturated carbocycles. The molecule has 0 N–H and O–H groups in total. The highest BCUT2D eigenvalue weighted by Gasteiger charge is 2.21. The zero-order valence-corrected chi connectivity index (χ0v) is 11.9. The first-order valence-corrected chi connectivity index (χ1v) is 7.15. The molecule has 4 heteroatoms. The van der Waals surface area contributed by atoms with Crippen LogP contribution in [0.1, 0.15) is 11.3 Å². The number of rotatable bonds is 4. The van der Waals surface area contributed by atoms with Gasteiger partial charge in [0.1, 0.15) is 0 Å². The minimum atomic E-state index is 0.215. The number of benzene rings is 1. The van der Waals surface area contributed by atoms with Gasteiger partial charge in [-0.25, -0.2) is 0 Å². The predicted octanol–water partition coefficient (Wildman–Crippen LogP) is 1.96. The van der Waals surface area contributed by atoms with Crippen molar-refractivity contribution in [1.82, 2.24) is 14.7 Å². The van der Waals surface area contributed by atoms with E-state index in [9.17, 15) is 0 Å². The van der Waals surface area contributed by atoms with Crippen LogP contribution in [0.15, 0.2) is 42.6 Å². The van der Waals surface area contributed by atoms with Crippen molar-refractivity contribution in [2.45, 2.75) is 25.6 Å². The fourth-order valence-electron chi connectivity index (χ4n) is 2.74. The predicted molar refractivity (Wildman–Crippen MR) is 78.4 cm³/mol. The van der Waals surface area contributed by atoms with Gasteiger partial charge in [-0.3, -0.25) is 9.58 Å². The number of fused-ring (bicyclic) bond motifs is 1. The maximum Gasteiger partial charge on any atom is 0.0893 e. The van der Waals surface area contributed by atoms with E-state index in [4.69, 9.17) is 4.74 Å². The van der Waals surface area contributed by atoms with Gasteiger partial charge in [-0.05, 0) is 18.1 Å². The van der Waals surface area contributed by atoms with E-state index in [-0.39, 0.29) is 6.10 Å². The second-order valence-electron chi connectivity index (χ2n) is 5.33. The number of nitrogens with zero attached hydrogens (tertiary/aromatic N) is 3. The lowest BCUT2D eigenvalue weighted by Gasteiger charge is -2.22. The van der Waals surface area contributed by atoms with Gasteiger partial charge < -0.3 is 4.74 Å². The van der Waals surface area contributed by atoms with Crippen LogP contribution in [0.4, 0.5) is 0 Å². The zero-order valence-electron chi connectivity index (χ0n) is 11.9. The minimum Gasteiger partial charge on any atom is -0.378 e. The van der Waals surface area contributed by atoms with Gasteiger partial charge in [0.25, 0.3) is 0 Å². The molecule has 1 atom stereocenters. The molecular formula is C16H21N3O. The van der Waals surface area contributed by atoms with Gasteiger partial charge in [0.2, 0.25) is 0 Å². The highest BCUT2D eigenvalue weighted by atomic mass is 16.5. The third-order valence-electron chi connectivity index (χ3n) is 3.92. The molecule has 0 spiro atoms. The van der Waals surface area contributed by atoms with Crippen LogP contribution in [-0.2, 0) is 24.2 Å². The van der Waals surface area contributed by atoms with Crippen molar-refractivity contribution in [3.8, 4) is 0 Å². The number of hydrogen-bond acceptors (Lipinski definition) is 3. The summed E-state index contributed by atoms with van der Waals surface area (Å²) in [7, 11) is 1.79. The smallest absolute Gasteiger partial charge is 0.0893 e. The van der Waals surface area contributed by atoms with Crippen molar-refractivity contribution in [3.63, 3.8) is 0 Å². The van der Waals surface area contributed by atoms with E-state index in [1.54, 1.807) is 7.11 Å². The van der Waals surface area contributed by atoms with Crippen LogP contribution in [0.5, 0.6) is 0 Å². The van der Waals surface area contributed by atoms with Crippen molar-refractivity contribution in [1.29, 1.82) is 0 Å². The second kappa shape index (κ2) is 6.20. The lowest BCUT2D eigenvalue weighted by molar-refractivity contribution is 0.0572.